The van der Waals surface area contributed by atoms with Crippen LogP contribution in [0.1, 0.15) is 38.9 Å². The Hall–Kier alpha value is -2.51. The van der Waals surface area contributed by atoms with Gasteiger partial charge in [-0.3, -0.25) is 4.79 Å². The lowest BCUT2D eigenvalue weighted by Gasteiger charge is -2.10. The monoisotopic (exact) mass is 386 g/mol. The van der Waals surface area contributed by atoms with E-state index in [2.05, 4.69) is 16.4 Å². The van der Waals surface area contributed by atoms with Crippen molar-refractivity contribution in [1.82, 2.24) is 4.98 Å². The maximum absolute atomic E-state index is 12.6. The van der Waals surface area contributed by atoms with Crippen LogP contribution in [0.15, 0.2) is 34.5 Å². The number of carbonyl (C=O) groups excluding carboxylic acids is 2. The number of aromatic nitrogens is 1. The number of thiazole rings is 1. The van der Waals surface area contributed by atoms with Gasteiger partial charge in [-0.25, -0.2) is 9.78 Å². The molecule has 1 amide bonds. The third-order valence-corrected chi connectivity index (χ3v) is 5.32. The standard InChI is InChI=1S/C19H18N2O3S2/c1-4-24-19(23)16-14(13-6-5-11(2)7-12(13)3)8-26-18(16)21-17(22)15-9-25-10-20-15/h5-10H,4H2,1-3H3,(H,21,22). The molecule has 0 fully saturated rings. The minimum atomic E-state index is -0.447. The van der Waals surface area contributed by atoms with E-state index in [0.29, 0.717) is 16.3 Å². The smallest absolute Gasteiger partial charge is 0.341 e. The van der Waals surface area contributed by atoms with Crippen LogP contribution in [0.25, 0.3) is 11.1 Å². The second-order valence-corrected chi connectivity index (χ2v) is 7.32. The lowest BCUT2D eigenvalue weighted by atomic mass is 9.97. The topological polar surface area (TPSA) is 68.3 Å². The average Bonchev–Trinajstić information content (AvgIpc) is 3.25. The third-order valence-electron chi connectivity index (χ3n) is 3.83. The van der Waals surface area contributed by atoms with Crippen molar-refractivity contribution in [3.63, 3.8) is 0 Å². The Morgan fingerprint density at radius 2 is 2.00 bits per heavy atom. The Labute approximate surface area is 159 Å². The van der Waals surface area contributed by atoms with Gasteiger partial charge >= 0.3 is 5.97 Å². The minimum absolute atomic E-state index is 0.264. The molecule has 2 aromatic heterocycles. The van der Waals surface area contributed by atoms with Crippen molar-refractivity contribution in [3.05, 3.63) is 56.9 Å². The lowest BCUT2D eigenvalue weighted by Crippen LogP contribution is -2.15. The maximum atomic E-state index is 12.6. The highest BCUT2D eigenvalue weighted by atomic mass is 32.1. The van der Waals surface area contributed by atoms with Gasteiger partial charge in [0.25, 0.3) is 5.91 Å². The molecule has 0 saturated heterocycles. The molecule has 7 heteroatoms. The van der Waals surface area contributed by atoms with Crippen molar-refractivity contribution in [2.75, 3.05) is 11.9 Å². The molecule has 134 valence electrons. The second kappa shape index (κ2) is 7.80. The SMILES string of the molecule is CCOC(=O)c1c(-c2ccc(C)cc2C)csc1NC(=O)c1cscn1. The molecule has 0 spiro atoms. The van der Waals surface area contributed by atoms with E-state index in [1.807, 2.05) is 31.4 Å². The zero-order chi connectivity index (χ0) is 18.7. The Bertz CT molecular complexity index is 946. The Morgan fingerprint density at radius 1 is 1.19 bits per heavy atom. The van der Waals surface area contributed by atoms with Crippen molar-refractivity contribution in [2.45, 2.75) is 20.8 Å². The molecular formula is C19H18N2O3S2. The molecule has 3 rings (SSSR count). The van der Waals surface area contributed by atoms with Gasteiger partial charge in [-0.15, -0.1) is 22.7 Å². The highest BCUT2D eigenvalue weighted by Gasteiger charge is 2.24. The zero-order valence-corrected chi connectivity index (χ0v) is 16.3. The summed E-state index contributed by atoms with van der Waals surface area (Å²) in [5.74, 6) is -0.789. The average molecular weight is 386 g/mol. The number of ether oxygens (including phenoxy) is 1. The van der Waals surface area contributed by atoms with Crippen molar-refractivity contribution in [3.8, 4) is 11.1 Å². The molecule has 0 atom stereocenters. The maximum Gasteiger partial charge on any atom is 0.341 e. The quantitative estimate of drug-likeness (QED) is 0.632. The zero-order valence-electron chi connectivity index (χ0n) is 14.7. The number of amides is 1. The summed E-state index contributed by atoms with van der Waals surface area (Å²) in [6.07, 6.45) is 0. The van der Waals surface area contributed by atoms with Gasteiger partial charge in [-0.05, 0) is 31.9 Å². The van der Waals surface area contributed by atoms with E-state index in [-0.39, 0.29) is 12.5 Å². The number of hydrogen-bond acceptors (Lipinski definition) is 6. The summed E-state index contributed by atoms with van der Waals surface area (Å²) in [5, 5.41) is 6.81. The molecule has 1 aromatic carbocycles. The molecular weight excluding hydrogens is 368 g/mol. The highest BCUT2D eigenvalue weighted by Crippen LogP contribution is 2.38. The molecule has 0 aliphatic rings. The van der Waals surface area contributed by atoms with Crippen LogP contribution in [0.5, 0.6) is 0 Å². The van der Waals surface area contributed by atoms with E-state index in [0.717, 1.165) is 22.3 Å². The first-order valence-electron chi connectivity index (χ1n) is 8.07. The molecule has 0 aliphatic heterocycles. The van der Waals surface area contributed by atoms with Gasteiger partial charge in [0.2, 0.25) is 0 Å². The Kier molecular flexibility index (Phi) is 5.49. The second-order valence-electron chi connectivity index (χ2n) is 5.72. The van der Waals surface area contributed by atoms with E-state index < -0.39 is 5.97 Å². The predicted octanol–water partition coefficient (Wildman–Crippen LogP) is 4.92. The van der Waals surface area contributed by atoms with Gasteiger partial charge in [0.1, 0.15) is 16.3 Å². The summed E-state index contributed by atoms with van der Waals surface area (Å²) in [7, 11) is 0. The number of aryl methyl sites for hydroxylation is 2. The Balaban J connectivity index is 2.04. The minimum Gasteiger partial charge on any atom is -0.462 e. The number of nitrogens with zero attached hydrogens (tertiary/aromatic N) is 1. The number of thiophene rings is 1. The van der Waals surface area contributed by atoms with Crippen LogP contribution in [0.3, 0.4) is 0 Å². The summed E-state index contributed by atoms with van der Waals surface area (Å²) >= 11 is 2.65. The van der Waals surface area contributed by atoms with Gasteiger partial charge in [-0.2, -0.15) is 0 Å². The van der Waals surface area contributed by atoms with E-state index in [1.165, 1.54) is 22.7 Å². The van der Waals surface area contributed by atoms with Gasteiger partial charge in [0.15, 0.2) is 0 Å². The molecule has 1 N–H and O–H groups in total. The molecule has 0 unspecified atom stereocenters. The van der Waals surface area contributed by atoms with Crippen LogP contribution in [-0.2, 0) is 4.74 Å². The predicted molar refractivity (Wildman–Crippen MR) is 105 cm³/mol. The summed E-state index contributed by atoms with van der Waals surface area (Å²) in [6.45, 7) is 6.05. The largest absolute Gasteiger partial charge is 0.462 e. The van der Waals surface area contributed by atoms with Crippen LogP contribution in [0.4, 0.5) is 5.00 Å². The van der Waals surface area contributed by atoms with Crippen molar-refractivity contribution >= 4 is 39.6 Å². The number of rotatable bonds is 5. The number of nitrogens with one attached hydrogen (secondary N) is 1. The number of benzene rings is 1. The van der Waals surface area contributed by atoms with Crippen molar-refractivity contribution in [1.29, 1.82) is 0 Å². The highest BCUT2D eigenvalue weighted by molar-refractivity contribution is 7.15. The first-order chi connectivity index (χ1) is 12.5. The molecule has 0 radical (unpaired) electrons. The van der Waals surface area contributed by atoms with E-state index in [9.17, 15) is 9.59 Å². The number of carbonyl (C=O) groups is 2. The Morgan fingerprint density at radius 3 is 2.65 bits per heavy atom. The summed E-state index contributed by atoms with van der Waals surface area (Å²) in [4.78, 5) is 28.9. The van der Waals surface area contributed by atoms with E-state index in [4.69, 9.17) is 4.74 Å². The van der Waals surface area contributed by atoms with Crippen molar-refractivity contribution in [2.24, 2.45) is 0 Å². The van der Waals surface area contributed by atoms with Gasteiger partial charge < -0.3 is 10.1 Å². The molecule has 0 aliphatic carbocycles. The fraction of sp³-hybridized carbons (Fsp3) is 0.211. The van der Waals surface area contributed by atoms with Gasteiger partial charge in [0, 0.05) is 16.3 Å². The third kappa shape index (κ3) is 3.68. The number of hydrogen-bond donors (Lipinski definition) is 1. The van der Waals surface area contributed by atoms with E-state index >= 15 is 0 Å². The van der Waals surface area contributed by atoms with Crippen LogP contribution in [0, 0.1) is 13.8 Å². The van der Waals surface area contributed by atoms with Crippen LogP contribution < -0.4 is 5.32 Å². The van der Waals surface area contributed by atoms with Crippen LogP contribution in [0.2, 0.25) is 0 Å². The summed E-state index contributed by atoms with van der Waals surface area (Å²) in [5.41, 5.74) is 6.22. The van der Waals surface area contributed by atoms with Gasteiger partial charge in [0.05, 0.1) is 12.1 Å². The van der Waals surface area contributed by atoms with Crippen molar-refractivity contribution < 1.29 is 14.3 Å². The number of anilines is 1. The molecule has 2 heterocycles. The van der Waals surface area contributed by atoms with Crippen LogP contribution >= 0.6 is 22.7 Å². The fourth-order valence-electron chi connectivity index (χ4n) is 2.66. The number of esters is 1. The fourth-order valence-corrected chi connectivity index (χ4v) is 4.14. The molecule has 0 saturated carbocycles. The molecule has 26 heavy (non-hydrogen) atoms. The first-order valence-corrected chi connectivity index (χ1v) is 9.89. The van der Waals surface area contributed by atoms with Gasteiger partial charge in [-0.1, -0.05) is 23.8 Å². The molecule has 0 bridgehead atoms. The first kappa shape index (κ1) is 18.3. The summed E-state index contributed by atoms with van der Waals surface area (Å²) in [6, 6.07) is 6.05. The molecule has 3 aromatic rings. The molecule has 5 nitrogen and oxygen atoms in total. The van der Waals surface area contributed by atoms with Crippen LogP contribution in [-0.4, -0.2) is 23.5 Å². The summed E-state index contributed by atoms with van der Waals surface area (Å²) < 4.78 is 5.23. The van der Waals surface area contributed by atoms with E-state index in [1.54, 1.807) is 17.8 Å². The normalized spacial score (nSPS) is 10.6. The lowest BCUT2D eigenvalue weighted by molar-refractivity contribution is 0.0529.